The number of rotatable bonds is 14. The van der Waals surface area contributed by atoms with Crippen molar-refractivity contribution in [2.75, 3.05) is 26.3 Å². The van der Waals surface area contributed by atoms with Crippen LogP contribution >= 0.6 is 0 Å². The molecule has 0 aromatic carbocycles. The van der Waals surface area contributed by atoms with Gasteiger partial charge in [0.15, 0.2) is 0 Å². The van der Waals surface area contributed by atoms with Gasteiger partial charge in [-0.15, -0.1) is 13.2 Å². The van der Waals surface area contributed by atoms with Gasteiger partial charge in [0.25, 0.3) is 0 Å². The van der Waals surface area contributed by atoms with E-state index in [4.69, 9.17) is 9.47 Å². The first-order chi connectivity index (χ1) is 17.1. The van der Waals surface area contributed by atoms with Crippen molar-refractivity contribution in [3.05, 3.63) is 25.3 Å². The van der Waals surface area contributed by atoms with Gasteiger partial charge in [0.05, 0.1) is 30.8 Å². The van der Waals surface area contributed by atoms with E-state index in [0.29, 0.717) is 32.4 Å². The van der Waals surface area contributed by atoms with Crippen LogP contribution in [0.2, 0.25) is 0 Å². The third-order valence-electron chi connectivity index (χ3n) is 8.26. The Morgan fingerprint density at radius 2 is 2.00 bits per heavy atom. The van der Waals surface area contributed by atoms with Crippen LogP contribution in [0.25, 0.3) is 0 Å². The lowest BCUT2D eigenvalue weighted by Crippen LogP contribution is -2.59. The van der Waals surface area contributed by atoms with Crippen molar-refractivity contribution in [1.29, 1.82) is 0 Å². The third-order valence-corrected chi connectivity index (χ3v) is 8.26. The Bertz CT molecular complexity index is 859. The van der Waals surface area contributed by atoms with E-state index >= 15 is 0 Å². The highest BCUT2D eigenvalue weighted by atomic mass is 16.6. The molecule has 6 atom stereocenters. The second-order valence-electron chi connectivity index (χ2n) is 11.0. The number of nitrogens with zero attached hydrogens (tertiary/aromatic N) is 2. The van der Waals surface area contributed by atoms with Crippen LogP contribution in [0, 0.1) is 17.8 Å². The lowest BCUT2D eigenvalue weighted by molar-refractivity contribution is -0.162. The fourth-order valence-electron chi connectivity index (χ4n) is 6.44. The Kier molecular flexibility index (Phi) is 9.04. The van der Waals surface area contributed by atoms with Crippen LogP contribution in [0.3, 0.4) is 0 Å². The van der Waals surface area contributed by atoms with E-state index in [0.717, 1.165) is 19.3 Å². The van der Waals surface area contributed by atoms with Gasteiger partial charge in [0, 0.05) is 13.1 Å². The average molecular weight is 505 g/mol. The molecule has 36 heavy (non-hydrogen) atoms. The van der Waals surface area contributed by atoms with Gasteiger partial charge in [0.1, 0.15) is 17.6 Å². The molecule has 2 amide bonds. The number of aliphatic hydroxyl groups excluding tert-OH is 1. The number of fused-ring (bicyclic) bond motifs is 1. The number of aliphatic hydroxyl groups is 1. The monoisotopic (exact) mass is 504 g/mol. The molecule has 0 saturated carbocycles. The van der Waals surface area contributed by atoms with Crippen molar-refractivity contribution in [3.63, 3.8) is 0 Å². The van der Waals surface area contributed by atoms with Crippen molar-refractivity contribution in [2.24, 2.45) is 17.8 Å². The molecule has 3 fully saturated rings. The van der Waals surface area contributed by atoms with Crippen molar-refractivity contribution in [2.45, 2.75) is 89.5 Å². The minimum absolute atomic E-state index is 0.0925. The molecule has 2 bridgehead atoms. The molecule has 0 aromatic rings. The molecule has 0 aliphatic carbocycles. The minimum Gasteiger partial charge on any atom is -0.465 e. The minimum atomic E-state index is -1.12. The molecular formula is C28H44N2O6. The Hall–Kier alpha value is -2.19. The van der Waals surface area contributed by atoms with E-state index in [1.807, 2.05) is 20.8 Å². The molecule has 3 aliphatic rings. The maximum Gasteiger partial charge on any atom is 0.312 e. The maximum absolute atomic E-state index is 14.2. The Morgan fingerprint density at radius 3 is 2.58 bits per heavy atom. The fourth-order valence-corrected chi connectivity index (χ4v) is 6.44. The van der Waals surface area contributed by atoms with Crippen molar-refractivity contribution < 1.29 is 29.0 Å². The van der Waals surface area contributed by atoms with Gasteiger partial charge in [-0.3, -0.25) is 14.4 Å². The fraction of sp³-hybridized carbons (Fsp3) is 0.750. The number of carbonyl (C=O) groups is 3. The SMILES string of the molecule is C=CCCCOC(=O)[C@@H]1[C@H]2C(=O)N([C@@H](CO)C(C)C)C(C(=O)N(CC=C)CCCC)C23CC[C@@]1(C)O3. The van der Waals surface area contributed by atoms with Crippen molar-refractivity contribution >= 4 is 17.8 Å². The highest BCUT2D eigenvalue weighted by Crippen LogP contribution is 2.63. The number of likely N-dealkylation sites (tertiary alicyclic amines) is 1. The Balaban J connectivity index is 2.04. The van der Waals surface area contributed by atoms with Crippen LogP contribution in [0.15, 0.2) is 25.3 Å². The predicted molar refractivity (Wildman–Crippen MR) is 137 cm³/mol. The zero-order chi connectivity index (χ0) is 26.7. The summed E-state index contributed by atoms with van der Waals surface area (Å²) in [4.78, 5) is 45.0. The number of esters is 1. The number of unbranched alkanes of at least 4 members (excludes halogenated alkanes) is 2. The van der Waals surface area contributed by atoms with Crippen LogP contribution in [0.4, 0.5) is 0 Å². The summed E-state index contributed by atoms with van der Waals surface area (Å²) >= 11 is 0. The summed E-state index contributed by atoms with van der Waals surface area (Å²) < 4.78 is 12.2. The molecule has 202 valence electrons. The van der Waals surface area contributed by atoms with E-state index < -0.39 is 41.1 Å². The molecule has 0 aromatic heterocycles. The lowest BCUT2D eigenvalue weighted by atomic mass is 9.66. The normalized spacial score (nSPS) is 31.4. The van der Waals surface area contributed by atoms with E-state index in [9.17, 15) is 19.5 Å². The summed E-state index contributed by atoms with van der Waals surface area (Å²) in [5, 5.41) is 10.3. The summed E-state index contributed by atoms with van der Waals surface area (Å²) in [6.45, 7) is 16.1. The number of ether oxygens (including phenoxy) is 2. The smallest absolute Gasteiger partial charge is 0.312 e. The summed E-state index contributed by atoms with van der Waals surface area (Å²) in [5.41, 5.74) is -2.00. The molecule has 3 heterocycles. The standard InChI is InChI=1S/C28H44N2O6/c1-7-10-12-17-35-26(34)22-21-24(32)30(20(18-31)19(4)5)23(28(21)14-13-27(22,6)36-28)25(33)29(15-9-3)16-11-8-2/h7,9,19-23,31H,1,3,8,10-18H2,2,4-6H3/t20-,21-,22-,23?,27+,28?/m0/s1. The van der Waals surface area contributed by atoms with Gasteiger partial charge in [-0.25, -0.2) is 0 Å². The first-order valence-electron chi connectivity index (χ1n) is 13.4. The van der Waals surface area contributed by atoms with Crippen LogP contribution in [0.1, 0.15) is 66.2 Å². The van der Waals surface area contributed by atoms with Gasteiger partial charge >= 0.3 is 5.97 Å². The predicted octanol–water partition coefficient (Wildman–Crippen LogP) is 3.09. The summed E-state index contributed by atoms with van der Waals surface area (Å²) in [6.07, 6.45) is 7.64. The molecule has 0 radical (unpaired) electrons. The van der Waals surface area contributed by atoms with Crippen LogP contribution in [-0.2, 0) is 23.9 Å². The third kappa shape index (κ3) is 4.74. The van der Waals surface area contributed by atoms with E-state index in [1.54, 1.807) is 22.0 Å². The number of hydrogen-bond acceptors (Lipinski definition) is 6. The number of carbonyl (C=O) groups excluding carboxylic acids is 3. The largest absolute Gasteiger partial charge is 0.465 e. The summed E-state index contributed by atoms with van der Waals surface area (Å²) in [5.74, 6) is -2.66. The molecule has 3 rings (SSSR count). The molecular weight excluding hydrogens is 460 g/mol. The quantitative estimate of drug-likeness (QED) is 0.222. The Morgan fingerprint density at radius 1 is 1.28 bits per heavy atom. The first kappa shape index (κ1) is 28.4. The van der Waals surface area contributed by atoms with Gasteiger partial charge in [-0.2, -0.15) is 0 Å². The lowest BCUT2D eigenvalue weighted by Gasteiger charge is -2.40. The molecule has 8 heteroatoms. The number of amides is 2. The molecule has 8 nitrogen and oxygen atoms in total. The second-order valence-corrected chi connectivity index (χ2v) is 11.0. The van der Waals surface area contributed by atoms with E-state index in [1.165, 1.54) is 0 Å². The molecule has 1 N–H and O–H groups in total. The van der Waals surface area contributed by atoms with Gasteiger partial charge in [0.2, 0.25) is 11.8 Å². The zero-order valence-electron chi connectivity index (χ0n) is 22.4. The van der Waals surface area contributed by atoms with E-state index in [-0.39, 0.29) is 30.9 Å². The van der Waals surface area contributed by atoms with Gasteiger partial charge < -0.3 is 24.4 Å². The molecule has 1 spiro atoms. The van der Waals surface area contributed by atoms with Gasteiger partial charge in [-0.05, 0) is 44.9 Å². The van der Waals surface area contributed by atoms with Crippen LogP contribution in [-0.4, -0.2) is 82.3 Å². The molecule has 2 unspecified atom stereocenters. The Labute approximate surface area is 215 Å². The molecule has 3 saturated heterocycles. The maximum atomic E-state index is 14.2. The topological polar surface area (TPSA) is 96.4 Å². The first-order valence-corrected chi connectivity index (χ1v) is 13.4. The van der Waals surface area contributed by atoms with Gasteiger partial charge in [-0.1, -0.05) is 39.3 Å². The number of hydrogen-bond donors (Lipinski definition) is 1. The highest BCUT2D eigenvalue weighted by Gasteiger charge is 2.79. The highest BCUT2D eigenvalue weighted by molar-refractivity contribution is 5.98. The van der Waals surface area contributed by atoms with Crippen LogP contribution in [0.5, 0.6) is 0 Å². The van der Waals surface area contributed by atoms with E-state index in [2.05, 4.69) is 20.1 Å². The zero-order valence-corrected chi connectivity index (χ0v) is 22.4. The second kappa shape index (κ2) is 11.5. The number of allylic oxidation sites excluding steroid dienone is 1. The summed E-state index contributed by atoms with van der Waals surface area (Å²) in [7, 11) is 0. The summed E-state index contributed by atoms with van der Waals surface area (Å²) in [6, 6.07) is -1.48. The van der Waals surface area contributed by atoms with Crippen molar-refractivity contribution in [1.82, 2.24) is 9.80 Å². The molecule has 3 aliphatic heterocycles. The average Bonchev–Trinajstić information content (AvgIpc) is 3.40. The van der Waals surface area contributed by atoms with Crippen molar-refractivity contribution in [3.8, 4) is 0 Å². The van der Waals surface area contributed by atoms with Crippen LogP contribution < -0.4 is 0 Å².